The van der Waals surface area contributed by atoms with E-state index in [9.17, 15) is 15.0 Å². The molecule has 0 aliphatic heterocycles. The van der Waals surface area contributed by atoms with Gasteiger partial charge in [0.25, 0.3) is 0 Å². The lowest BCUT2D eigenvalue weighted by Gasteiger charge is -2.28. The lowest BCUT2D eigenvalue weighted by molar-refractivity contribution is -0.105. The average molecular weight is 512 g/mol. The van der Waals surface area contributed by atoms with E-state index in [0.717, 1.165) is 33.8 Å². The summed E-state index contributed by atoms with van der Waals surface area (Å²) in [4.78, 5) is 10.8. The van der Waals surface area contributed by atoms with E-state index >= 15 is 0 Å². The van der Waals surface area contributed by atoms with Crippen molar-refractivity contribution in [1.82, 2.24) is 0 Å². The van der Waals surface area contributed by atoms with E-state index in [0.29, 0.717) is 31.4 Å². The molecule has 0 aromatic heterocycles. The van der Waals surface area contributed by atoms with E-state index in [1.807, 2.05) is 61.5 Å². The van der Waals surface area contributed by atoms with Gasteiger partial charge in [0, 0.05) is 23.5 Å². The highest BCUT2D eigenvalue weighted by molar-refractivity contribution is 5.77. The normalized spacial score (nSPS) is 12.4. The topological polar surface area (TPSA) is 117 Å². The number of amides is 1. The Morgan fingerprint density at radius 2 is 1.68 bits per heavy atom. The molecular formula is C31H33N3O4. The average Bonchev–Trinajstić information content (AvgIpc) is 2.95. The summed E-state index contributed by atoms with van der Waals surface area (Å²) in [5.74, 6) is 0.765. The van der Waals surface area contributed by atoms with E-state index in [1.54, 1.807) is 12.1 Å². The highest BCUT2D eigenvalue weighted by Crippen LogP contribution is 2.34. The maximum Gasteiger partial charge on any atom is 0.211 e. The van der Waals surface area contributed by atoms with Crippen molar-refractivity contribution in [1.29, 1.82) is 0 Å². The Kier molecular flexibility index (Phi) is 8.63. The first-order valence-corrected chi connectivity index (χ1v) is 12.6. The fourth-order valence-corrected chi connectivity index (χ4v) is 4.37. The monoisotopic (exact) mass is 511 g/mol. The molecule has 7 nitrogen and oxygen atoms in total. The number of carbonyl (C=O) groups is 1. The molecule has 0 spiro atoms. The lowest BCUT2D eigenvalue weighted by Crippen LogP contribution is -2.35. The number of nitrogens with two attached hydrogens (primary N) is 1. The van der Waals surface area contributed by atoms with E-state index in [4.69, 9.17) is 10.5 Å². The van der Waals surface area contributed by atoms with Crippen LogP contribution in [0.5, 0.6) is 11.5 Å². The number of phenolic OH excluding ortho intramolecular Hbond substituents is 1. The third-order valence-electron chi connectivity index (χ3n) is 6.52. The molecule has 38 heavy (non-hydrogen) atoms. The number of anilines is 3. The summed E-state index contributed by atoms with van der Waals surface area (Å²) in [6.07, 6.45) is 1.44. The fourth-order valence-electron chi connectivity index (χ4n) is 4.37. The number of hydrogen-bond donors (Lipinski definition) is 5. The molecule has 0 saturated heterocycles. The van der Waals surface area contributed by atoms with Crippen molar-refractivity contribution in [3.8, 4) is 22.6 Å². The quantitative estimate of drug-likeness (QED) is 0.126. The van der Waals surface area contributed by atoms with Crippen LogP contribution in [0.2, 0.25) is 0 Å². The number of phenols is 1. The van der Waals surface area contributed by atoms with Gasteiger partial charge < -0.3 is 31.3 Å². The molecule has 0 fully saturated rings. The summed E-state index contributed by atoms with van der Waals surface area (Å²) in [5, 5.41) is 27.0. The van der Waals surface area contributed by atoms with Crippen LogP contribution < -0.4 is 21.1 Å². The number of carbonyl (C=O) groups excluding carboxylic acids is 1. The van der Waals surface area contributed by atoms with Gasteiger partial charge in [0.15, 0.2) is 0 Å². The molecule has 4 aromatic rings. The van der Waals surface area contributed by atoms with Crippen molar-refractivity contribution in [2.45, 2.75) is 25.4 Å². The standard InChI is InChI=1S/C31H33N3O4/c1-2-38-30-15-13-26(19-27(30)23-6-4-3-5-7-23)34-25-11-8-22(9-12-25)16-17-31(37,20-32)24-10-14-29(36)28(18-24)33-21-35/h3-15,18-19,21,34,36-37H,2,16-17,20,32H2,1H3,(H,33,35). The molecule has 7 heteroatoms. The second-order valence-electron chi connectivity index (χ2n) is 9.06. The van der Waals surface area contributed by atoms with Crippen LogP contribution in [0.1, 0.15) is 24.5 Å². The van der Waals surface area contributed by atoms with Crippen LogP contribution >= 0.6 is 0 Å². The minimum Gasteiger partial charge on any atom is -0.506 e. The van der Waals surface area contributed by atoms with Gasteiger partial charge in [0.1, 0.15) is 17.1 Å². The Hall–Kier alpha value is -4.33. The van der Waals surface area contributed by atoms with Gasteiger partial charge in [-0.2, -0.15) is 0 Å². The highest BCUT2D eigenvalue weighted by atomic mass is 16.5. The number of nitrogens with one attached hydrogen (secondary N) is 2. The number of aryl methyl sites for hydroxylation is 1. The number of aromatic hydroxyl groups is 1. The minimum atomic E-state index is -1.31. The maximum absolute atomic E-state index is 11.2. The third kappa shape index (κ3) is 6.32. The Balaban J connectivity index is 1.46. The molecule has 0 bridgehead atoms. The molecule has 0 aliphatic rings. The van der Waals surface area contributed by atoms with Gasteiger partial charge in [-0.15, -0.1) is 0 Å². The second-order valence-corrected chi connectivity index (χ2v) is 9.06. The Morgan fingerprint density at radius 3 is 2.37 bits per heavy atom. The van der Waals surface area contributed by atoms with Crippen LogP contribution in [0.3, 0.4) is 0 Å². The SMILES string of the molecule is CCOc1ccc(Nc2ccc(CCC(O)(CN)c3ccc(O)c(NC=O)c3)cc2)cc1-c1ccccc1. The number of hydrogen-bond acceptors (Lipinski definition) is 6. The Labute approximate surface area is 222 Å². The van der Waals surface area contributed by atoms with Crippen LogP contribution in [0.25, 0.3) is 11.1 Å². The van der Waals surface area contributed by atoms with E-state index in [1.165, 1.54) is 6.07 Å². The highest BCUT2D eigenvalue weighted by Gasteiger charge is 2.28. The number of ether oxygens (including phenoxy) is 1. The van der Waals surface area contributed by atoms with Crippen LogP contribution in [0.4, 0.5) is 17.1 Å². The van der Waals surface area contributed by atoms with Crippen LogP contribution in [0, 0.1) is 0 Å². The van der Waals surface area contributed by atoms with E-state index in [2.05, 4.69) is 28.8 Å². The van der Waals surface area contributed by atoms with Gasteiger partial charge in [-0.1, -0.05) is 48.5 Å². The maximum atomic E-state index is 11.2. The van der Waals surface area contributed by atoms with Crippen LogP contribution in [-0.2, 0) is 16.8 Å². The molecule has 4 rings (SSSR count). The molecule has 1 amide bonds. The van der Waals surface area contributed by atoms with Crippen molar-refractivity contribution < 1.29 is 19.7 Å². The van der Waals surface area contributed by atoms with Gasteiger partial charge >= 0.3 is 0 Å². The zero-order chi connectivity index (χ0) is 27.0. The molecule has 0 radical (unpaired) electrons. The molecule has 0 heterocycles. The minimum absolute atomic E-state index is 0.000563. The first kappa shape index (κ1) is 26.7. The molecule has 6 N–H and O–H groups in total. The zero-order valence-corrected chi connectivity index (χ0v) is 21.4. The smallest absolute Gasteiger partial charge is 0.211 e. The number of aliphatic hydroxyl groups is 1. The van der Waals surface area contributed by atoms with Gasteiger partial charge in [-0.3, -0.25) is 4.79 Å². The van der Waals surface area contributed by atoms with Gasteiger partial charge in [-0.25, -0.2) is 0 Å². The van der Waals surface area contributed by atoms with Crippen molar-refractivity contribution >= 4 is 23.5 Å². The van der Waals surface area contributed by atoms with E-state index < -0.39 is 5.60 Å². The number of rotatable bonds is 12. The first-order chi connectivity index (χ1) is 18.5. The number of benzene rings is 4. The van der Waals surface area contributed by atoms with Gasteiger partial charge in [0.05, 0.1) is 12.3 Å². The van der Waals surface area contributed by atoms with Crippen LogP contribution in [0.15, 0.2) is 91.0 Å². The summed E-state index contributed by atoms with van der Waals surface area (Å²) in [6.45, 7) is 2.57. The summed E-state index contributed by atoms with van der Waals surface area (Å²) < 4.78 is 5.84. The molecule has 1 unspecified atom stereocenters. The Bertz CT molecular complexity index is 1360. The summed E-state index contributed by atoms with van der Waals surface area (Å²) in [7, 11) is 0. The summed E-state index contributed by atoms with van der Waals surface area (Å²) in [6, 6.07) is 28.9. The molecule has 196 valence electrons. The zero-order valence-electron chi connectivity index (χ0n) is 21.4. The molecular weight excluding hydrogens is 478 g/mol. The largest absolute Gasteiger partial charge is 0.506 e. The predicted octanol–water partition coefficient (Wildman–Crippen LogP) is 5.55. The predicted molar refractivity (Wildman–Crippen MR) is 152 cm³/mol. The van der Waals surface area contributed by atoms with Crippen LogP contribution in [-0.4, -0.2) is 29.8 Å². The third-order valence-corrected chi connectivity index (χ3v) is 6.52. The van der Waals surface area contributed by atoms with Crippen molar-refractivity contribution in [3.63, 3.8) is 0 Å². The molecule has 0 saturated carbocycles. The first-order valence-electron chi connectivity index (χ1n) is 12.6. The summed E-state index contributed by atoms with van der Waals surface area (Å²) in [5.41, 5.74) is 10.4. The second kappa shape index (κ2) is 12.3. The van der Waals surface area contributed by atoms with Crippen molar-refractivity contribution in [2.75, 3.05) is 23.8 Å². The molecule has 4 aromatic carbocycles. The molecule has 1 atom stereocenters. The van der Waals surface area contributed by atoms with Crippen molar-refractivity contribution in [3.05, 3.63) is 102 Å². The molecule has 0 aliphatic carbocycles. The summed E-state index contributed by atoms with van der Waals surface area (Å²) >= 11 is 0. The van der Waals surface area contributed by atoms with E-state index in [-0.39, 0.29) is 18.0 Å². The lowest BCUT2D eigenvalue weighted by atomic mass is 9.87. The Morgan fingerprint density at radius 1 is 0.947 bits per heavy atom. The van der Waals surface area contributed by atoms with Gasteiger partial charge in [-0.05, 0) is 78.9 Å². The van der Waals surface area contributed by atoms with Gasteiger partial charge in [0.2, 0.25) is 6.41 Å². The fraction of sp³-hybridized carbons (Fsp3) is 0.194. The van der Waals surface area contributed by atoms with Crippen molar-refractivity contribution in [2.24, 2.45) is 5.73 Å².